The fourth-order valence-corrected chi connectivity index (χ4v) is 4.04. The molecule has 2 N–H and O–H groups in total. The van der Waals surface area contributed by atoms with E-state index in [4.69, 9.17) is 0 Å². The molecule has 124 valence electrons. The first-order chi connectivity index (χ1) is 11.1. The van der Waals surface area contributed by atoms with Crippen molar-refractivity contribution in [1.82, 2.24) is 19.5 Å². The molecule has 1 aromatic heterocycles. The number of H-pyrrole nitrogens is 1. The minimum Gasteiger partial charge on any atom is -0.270 e. The second-order valence-corrected chi connectivity index (χ2v) is 7.38. The monoisotopic (exact) mass is 335 g/mol. The van der Waals surface area contributed by atoms with E-state index in [-0.39, 0.29) is 0 Å². The SMILES string of the molecule is Cc1nc(-c2ccccc2NS(=O)(=O)N2CCCCCC2)n[nH]1. The first-order valence-corrected chi connectivity index (χ1v) is 9.26. The van der Waals surface area contributed by atoms with Gasteiger partial charge >= 0.3 is 10.2 Å². The maximum Gasteiger partial charge on any atom is 0.301 e. The van der Waals surface area contributed by atoms with E-state index < -0.39 is 10.2 Å². The van der Waals surface area contributed by atoms with Crippen molar-refractivity contribution >= 4 is 15.9 Å². The van der Waals surface area contributed by atoms with Gasteiger partial charge in [0, 0.05) is 18.7 Å². The number of para-hydroxylation sites is 1. The summed E-state index contributed by atoms with van der Waals surface area (Å²) >= 11 is 0. The first-order valence-electron chi connectivity index (χ1n) is 7.82. The predicted molar refractivity (Wildman–Crippen MR) is 89.1 cm³/mol. The van der Waals surface area contributed by atoms with Crippen LogP contribution in [-0.2, 0) is 10.2 Å². The lowest BCUT2D eigenvalue weighted by molar-refractivity contribution is 0.427. The summed E-state index contributed by atoms with van der Waals surface area (Å²) in [5, 5.41) is 6.90. The molecule has 23 heavy (non-hydrogen) atoms. The minimum absolute atomic E-state index is 0.483. The minimum atomic E-state index is -3.57. The number of aromatic nitrogens is 3. The summed E-state index contributed by atoms with van der Waals surface area (Å²) in [6.45, 7) is 2.94. The number of hydrogen-bond donors (Lipinski definition) is 2. The molecule has 1 fully saturated rings. The van der Waals surface area contributed by atoms with Crippen LogP contribution in [0.1, 0.15) is 31.5 Å². The van der Waals surface area contributed by atoms with Gasteiger partial charge < -0.3 is 0 Å². The van der Waals surface area contributed by atoms with Crippen molar-refractivity contribution in [3.8, 4) is 11.4 Å². The second-order valence-electron chi connectivity index (χ2n) is 5.71. The van der Waals surface area contributed by atoms with Gasteiger partial charge in [0.15, 0.2) is 5.82 Å². The zero-order chi connectivity index (χ0) is 16.3. The van der Waals surface area contributed by atoms with E-state index in [9.17, 15) is 8.42 Å². The Morgan fingerprint density at radius 2 is 1.83 bits per heavy atom. The topological polar surface area (TPSA) is 91.0 Å². The lowest BCUT2D eigenvalue weighted by Crippen LogP contribution is -2.36. The molecule has 7 nitrogen and oxygen atoms in total. The molecule has 8 heteroatoms. The maximum atomic E-state index is 12.7. The van der Waals surface area contributed by atoms with Crippen molar-refractivity contribution in [2.75, 3.05) is 17.8 Å². The van der Waals surface area contributed by atoms with Crippen molar-refractivity contribution in [2.45, 2.75) is 32.6 Å². The summed E-state index contributed by atoms with van der Waals surface area (Å²) in [6, 6.07) is 7.17. The molecule has 2 heterocycles. The number of nitrogens with zero attached hydrogens (tertiary/aromatic N) is 3. The third-order valence-corrected chi connectivity index (χ3v) is 5.43. The normalized spacial score (nSPS) is 16.9. The van der Waals surface area contributed by atoms with Crippen LogP contribution < -0.4 is 4.72 Å². The zero-order valence-electron chi connectivity index (χ0n) is 13.1. The fraction of sp³-hybridized carbons (Fsp3) is 0.467. The summed E-state index contributed by atoms with van der Waals surface area (Å²) in [4.78, 5) is 4.28. The molecule has 1 saturated heterocycles. The number of aryl methyl sites for hydroxylation is 1. The highest BCUT2D eigenvalue weighted by atomic mass is 32.2. The van der Waals surface area contributed by atoms with Gasteiger partial charge in [-0.2, -0.15) is 17.8 Å². The fourth-order valence-electron chi connectivity index (χ4n) is 2.72. The third kappa shape index (κ3) is 3.70. The Morgan fingerprint density at radius 3 is 2.48 bits per heavy atom. The molecule has 0 aliphatic carbocycles. The molecule has 1 aliphatic heterocycles. The van der Waals surface area contributed by atoms with Crippen LogP contribution in [-0.4, -0.2) is 41.0 Å². The van der Waals surface area contributed by atoms with E-state index in [1.165, 1.54) is 4.31 Å². The van der Waals surface area contributed by atoms with Crippen LogP contribution in [0.15, 0.2) is 24.3 Å². The molecule has 0 radical (unpaired) electrons. The van der Waals surface area contributed by atoms with Crippen LogP contribution in [0.5, 0.6) is 0 Å². The summed E-state index contributed by atoms with van der Waals surface area (Å²) < 4.78 is 29.5. The highest BCUT2D eigenvalue weighted by molar-refractivity contribution is 7.90. The predicted octanol–water partition coefficient (Wildman–Crippen LogP) is 2.31. The Labute approximate surface area is 136 Å². The Morgan fingerprint density at radius 1 is 1.13 bits per heavy atom. The third-order valence-electron chi connectivity index (χ3n) is 3.91. The summed E-state index contributed by atoms with van der Waals surface area (Å²) in [6.07, 6.45) is 3.98. The number of nitrogens with one attached hydrogen (secondary N) is 2. The lowest BCUT2D eigenvalue weighted by Gasteiger charge is -2.21. The molecular weight excluding hydrogens is 314 g/mol. The summed E-state index contributed by atoms with van der Waals surface area (Å²) in [5.74, 6) is 1.17. The van der Waals surface area contributed by atoms with Gasteiger partial charge in [0.1, 0.15) is 5.82 Å². The number of aromatic amines is 1. The van der Waals surface area contributed by atoms with Crippen LogP contribution in [0.4, 0.5) is 5.69 Å². The van der Waals surface area contributed by atoms with Gasteiger partial charge in [-0.3, -0.25) is 9.82 Å². The highest BCUT2D eigenvalue weighted by Gasteiger charge is 2.24. The molecule has 0 saturated carbocycles. The number of rotatable bonds is 4. The molecule has 0 atom stereocenters. The van der Waals surface area contributed by atoms with Crippen LogP contribution in [0.25, 0.3) is 11.4 Å². The average Bonchev–Trinajstić information content (AvgIpc) is 2.78. The maximum absolute atomic E-state index is 12.7. The highest BCUT2D eigenvalue weighted by Crippen LogP contribution is 2.26. The molecule has 1 aromatic carbocycles. The molecule has 2 aromatic rings. The van der Waals surface area contributed by atoms with Crippen molar-refractivity contribution in [2.24, 2.45) is 0 Å². The van der Waals surface area contributed by atoms with E-state index in [1.54, 1.807) is 19.1 Å². The van der Waals surface area contributed by atoms with E-state index in [1.807, 2.05) is 12.1 Å². The Kier molecular flexibility index (Phi) is 4.63. The molecule has 0 spiro atoms. The van der Waals surface area contributed by atoms with E-state index in [0.29, 0.717) is 36.0 Å². The molecule has 3 rings (SSSR count). The van der Waals surface area contributed by atoms with Gasteiger partial charge in [-0.1, -0.05) is 25.0 Å². The van der Waals surface area contributed by atoms with Crippen molar-refractivity contribution < 1.29 is 8.42 Å². The van der Waals surface area contributed by atoms with Crippen LogP contribution in [0.3, 0.4) is 0 Å². The van der Waals surface area contributed by atoms with E-state index in [2.05, 4.69) is 19.9 Å². The van der Waals surface area contributed by atoms with Gasteiger partial charge in [-0.05, 0) is 31.9 Å². The summed E-state index contributed by atoms with van der Waals surface area (Å²) in [7, 11) is -3.57. The Bertz CT molecular complexity index is 764. The molecule has 0 unspecified atom stereocenters. The van der Waals surface area contributed by atoms with Gasteiger partial charge in [-0.15, -0.1) is 0 Å². The number of benzene rings is 1. The van der Waals surface area contributed by atoms with Crippen molar-refractivity contribution in [3.05, 3.63) is 30.1 Å². The lowest BCUT2D eigenvalue weighted by atomic mass is 10.2. The molecule has 0 bridgehead atoms. The van der Waals surface area contributed by atoms with Gasteiger partial charge in [0.25, 0.3) is 0 Å². The van der Waals surface area contributed by atoms with E-state index in [0.717, 1.165) is 25.7 Å². The standard InChI is InChI=1S/C15H21N5O2S/c1-12-16-15(18-17-12)13-8-4-5-9-14(13)19-23(21,22)20-10-6-2-3-7-11-20/h4-5,8-9,19H,2-3,6-7,10-11H2,1H3,(H,16,17,18). The largest absolute Gasteiger partial charge is 0.301 e. The quantitative estimate of drug-likeness (QED) is 0.897. The molecule has 0 amide bonds. The molecule has 1 aliphatic rings. The summed E-state index contributed by atoms with van der Waals surface area (Å²) in [5.41, 5.74) is 1.16. The van der Waals surface area contributed by atoms with Crippen molar-refractivity contribution in [1.29, 1.82) is 0 Å². The number of anilines is 1. The average molecular weight is 335 g/mol. The van der Waals surface area contributed by atoms with Gasteiger partial charge in [0.2, 0.25) is 0 Å². The second kappa shape index (κ2) is 6.67. The Hall–Kier alpha value is -1.93. The van der Waals surface area contributed by atoms with E-state index >= 15 is 0 Å². The Balaban J connectivity index is 1.87. The van der Waals surface area contributed by atoms with Gasteiger partial charge in [0.05, 0.1) is 5.69 Å². The number of hydrogen-bond acceptors (Lipinski definition) is 4. The smallest absolute Gasteiger partial charge is 0.270 e. The van der Waals surface area contributed by atoms with Crippen LogP contribution >= 0.6 is 0 Å². The van der Waals surface area contributed by atoms with Crippen molar-refractivity contribution in [3.63, 3.8) is 0 Å². The first kappa shape index (κ1) is 15.9. The van der Waals surface area contributed by atoms with Crippen LogP contribution in [0, 0.1) is 6.92 Å². The molecular formula is C15H21N5O2S. The van der Waals surface area contributed by atoms with Crippen LogP contribution in [0.2, 0.25) is 0 Å². The zero-order valence-corrected chi connectivity index (χ0v) is 13.9. The van der Waals surface area contributed by atoms with Gasteiger partial charge in [-0.25, -0.2) is 4.98 Å².